The first-order valence-corrected chi connectivity index (χ1v) is 7.16. The van der Waals surface area contributed by atoms with Gasteiger partial charge in [0.15, 0.2) is 0 Å². The van der Waals surface area contributed by atoms with E-state index in [1.54, 1.807) is 0 Å². The zero-order valence-electron chi connectivity index (χ0n) is 11.0. The first-order chi connectivity index (χ1) is 8.10. The molecule has 0 rings (SSSR count). The molecule has 0 N–H and O–H groups in total. The van der Waals surface area contributed by atoms with Gasteiger partial charge in [-0.1, -0.05) is 0 Å². The van der Waals surface area contributed by atoms with E-state index in [1.807, 2.05) is 0 Å². The molecule has 0 aliphatic carbocycles. The molecule has 0 unspecified atom stereocenters. The topological polar surface area (TPSA) is 63.2 Å². The Morgan fingerprint density at radius 3 is 1.94 bits per heavy atom. The minimum absolute atomic E-state index is 0.245. The van der Waals surface area contributed by atoms with E-state index >= 15 is 0 Å². The summed E-state index contributed by atoms with van der Waals surface area (Å²) in [5.41, 5.74) is 0. The van der Waals surface area contributed by atoms with Gasteiger partial charge >= 0.3 is 15.0 Å². The van der Waals surface area contributed by atoms with Gasteiger partial charge in [-0.2, -0.15) is 0 Å². The van der Waals surface area contributed by atoms with Crippen molar-refractivity contribution in [2.45, 2.75) is 26.2 Å². The van der Waals surface area contributed by atoms with Crippen molar-refractivity contribution in [3.05, 3.63) is 0 Å². The van der Waals surface area contributed by atoms with Crippen molar-refractivity contribution in [3.8, 4) is 0 Å². The number of hydrogen-bond donors (Lipinski definition) is 0. The molecule has 0 amide bonds. The number of rotatable bonds is 10. The number of esters is 1. The molecule has 0 aromatic carbocycles. The Morgan fingerprint density at radius 2 is 1.47 bits per heavy atom. The van der Waals surface area contributed by atoms with Gasteiger partial charge in [-0.3, -0.25) is 4.79 Å². The van der Waals surface area contributed by atoms with Gasteiger partial charge < -0.3 is 22.4 Å². The van der Waals surface area contributed by atoms with Crippen LogP contribution in [-0.4, -0.2) is 49.6 Å². The summed E-state index contributed by atoms with van der Waals surface area (Å²) in [7, 11) is 1.61. The van der Waals surface area contributed by atoms with Crippen LogP contribution in [-0.2, 0) is 27.2 Å². The van der Waals surface area contributed by atoms with Crippen molar-refractivity contribution in [1.82, 2.24) is 0 Å². The predicted octanol–water partition coefficient (Wildman–Crippen LogP) is 1.11. The highest BCUT2D eigenvalue weighted by Crippen LogP contribution is 2.09. The van der Waals surface area contributed by atoms with E-state index in [9.17, 15) is 4.79 Å². The van der Waals surface area contributed by atoms with Crippen LogP contribution in [0.1, 0.15) is 26.2 Å². The van der Waals surface area contributed by atoms with E-state index < -0.39 is 9.05 Å². The fraction of sp³-hybridized carbons (Fsp3) is 0.900. The van der Waals surface area contributed by atoms with E-state index in [-0.39, 0.29) is 5.97 Å². The molecule has 0 aromatic heterocycles. The molecule has 0 bridgehead atoms. The lowest BCUT2D eigenvalue weighted by Gasteiger charge is -2.22. The minimum Gasteiger partial charge on any atom is -0.466 e. The summed E-state index contributed by atoms with van der Waals surface area (Å²) >= 11 is 0. The summed E-state index contributed by atoms with van der Waals surface area (Å²) in [6, 6.07) is 0. The van der Waals surface area contributed by atoms with Crippen LogP contribution in [0.25, 0.3) is 0 Å². The van der Waals surface area contributed by atoms with Crippen molar-refractivity contribution in [2.24, 2.45) is 0 Å². The lowest BCUT2D eigenvalue weighted by atomic mass is 10.2. The van der Waals surface area contributed by atoms with Crippen LogP contribution in [0, 0.1) is 0 Å². The van der Waals surface area contributed by atoms with Crippen LogP contribution in [0.15, 0.2) is 0 Å². The average Bonchev–Trinajstić information content (AvgIpc) is 2.33. The van der Waals surface area contributed by atoms with E-state index in [2.05, 4.69) is 0 Å². The molecule has 0 aliphatic rings. The third-order valence-corrected chi connectivity index (χ3v) is 4.18. The second-order valence-corrected chi connectivity index (χ2v) is 5.87. The maximum Gasteiger partial charge on any atom is 0.678 e. The van der Waals surface area contributed by atoms with Crippen LogP contribution in [0.5, 0.6) is 0 Å². The Balaban J connectivity index is 3.52. The predicted molar refractivity (Wildman–Crippen MR) is 63.2 cm³/mol. The Morgan fingerprint density at radius 1 is 0.941 bits per heavy atom. The molecule has 0 aromatic rings. The summed E-state index contributed by atoms with van der Waals surface area (Å²) in [5.74, 6) is -0.245. The molecule has 0 heterocycles. The zero-order chi connectivity index (χ0) is 13.1. The third-order valence-electron chi connectivity index (χ3n) is 2.12. The lowest BCUT2D eigenvalue weighted by Crippen LogP contribution is -2.46. The quantitative estimate of drug-likeness (QED) is 0.335. The molecule has 0 radical (unpaired) electrons. The van der Waals surface area contributed by atoms with Gasteiger partial charge in [0.05, 0.1) is 6.61 Å². The normalized spacial score (nSPS) is 11.5. The van der Waals surface area contributed by atoms with Gasteiger partial charge in [-0.25, -0.2) is 0 Å². The fourth-order valence-electron chi connectivity index (χ4n) is 1.22. The van der Waals surface area contributed by atoms with Gasteiger partial charge in [-0.15, -0.1) is 0 Å². The highest BCUT2D eigenvalue weighted by atomic mass is 28.4. The zero-order valence-corrected chi connectivity index (χ0v) is 12.0. The highest BCUT2D eigenvalue weighted by Gasteiger charge is 2.41. The largest absolute Gasteiger partial charge is 0.678 e. The number of carbonyl (C=O) groups excluding carboxylic acids is 1. The number of hydrogen-bond acceptors (Lipinski definition) is 6. The van der Waals surface area contributed by atoms with Gasteiger partial charge in [-0.05, 0) is 19.3 Å². The molecule has 0 spiro atoms. The number of unbranched alkanes of at least 4 members (excludes halogenated alkanes) is 2. The average molecular weight is 266 g/mol. The first kappa shape index (κ1) is 16.5. The van der Waals surface area contributed by atoms with Crippen LogP contribution in [0.4, 0.5) is 0 Å². The van der Waals surface area contributed by atoms with Crippen LogP contribution in [0.2, 0.25) is 0 Å². The Bertz CT molecular complexity index is 199. The van der Waals surface area contributed by atoms with Crippen molar-refractivity contribution in [3.63, 3.8) is 0 Å². The highest BCUT2D eigenvalue weighted by molar-refractivity contribution is 6.53. The summed E-state index contributed by atoms with van der Waals surface area (Å²) in [5, 5.41) is 0. The van der Waals surface area contributed by atoms with Crippen molar-refractivity contribution < 1.29 is 27.2 Å². The van der Waals surface area contributed by atoms with Gasteiger partial charge in [0.25, 0.3) is 0 Å². The van der Waals surface area contributed by atoms with E-state index in [0.29, 0.717) is 13.2 Å². The molecular weight excluding hydrogens is 244 g/mol. The SMILES string of the molecule is CO[Si](OC)(OC)OCCCCCOC(C)=O. The smallest absolute Gasteiger partial charge is 0.466 e. The Hall–Kier alpha value is -0.473. The molecule has 0 saturated heterocycles. The van der Waals surface area contributed by atoms with E-state index in [0.717, 1.165) is 19.3 Å². The Labute approximate surface area is 104 Å². The summed E-state index contributed by atoms with van der Waals surface area (Å²) in [6.07, 6.45) is 2.57. The fourth-order valence-corrected chi connectivity index (χ4v) is 2.47. The number of ether oxygens (including phenoxy) is 1. The van der Waals surface area contributed by atoms with Crippen LogP contribution < -0.4 is 0 Å². The van der Waals surface area contributed by atoms with Gasteiger partial charge in [0, 0.05) is 34.9 Å². The second-order valence-electron chi connectivity index (χ2n) is 3.36. The maximum absolute atomic E-state index is 10.5. The lowest BCUT2D eigenvalue weighted by molar-refractivity contribution is -0.141. The monoisotopic (exact) mass is 266 g/mol. The maximum atomic E-state index is 10.5. The van der Waals surface area contributed by atoms with E-state index in [4.69, 9.17) is 22.4 Å². The third kappa shape index (κ3) is 7.45. The molecule has 6 nitrogen and oxygen atoms in total. The molecule has 17 heavy (non-hydrogen) atoms. The van der Waals surface area contributed by atoms with Crippen LogP contribution in [0.3, 0.4) is 0 Å². The molecule has 0 atom stereocenters. The molecule has 0 saturated carbocycles. The van der Waals surface area contributed by atoms with Crippen molar-refractivity contribution in [1.29, 1.82) is 0 Å². The van der Waals surface area contributed by atoms with E-state index in [1.165, 1.54) is 28.3 Å². The van der Waals surface area contributed by atoms with Crippen molar-refractivity contribution >= 4 is 15.0 Å². The summed E-state index contributed by atoms with van der Waals surface area (Å²) in [6.45, 7) is 2.36. The van der Waals surface area contributed by atoms with Gasteiger partial charge in [0.1, 0.15) is 0 Å². The summed E-state index contributed by atoms with van der Waals surface area (Å²) < 4.78 is 25.6. The first-order valence-electron chi connectivity index (χ1n) is 5.53. The van der Waals surface area contributed by atoms with Crippen LogP contribution >= 0.6 is 0 Å². The van der Waals surface area contributed by atoms with Gasteiger partial charge in [0.2, 0.25) is 0 Å². The Kier molecular flexibility index (Phi) is 9.28. The number of carbonyl (C=O) groups is 1. The molecule has 7 heteroatoms. The standard InChI is InChI=1S/C10H22O6Si/c1-10(11)15-8-6-5-7-9-16-17(12-2,13-3)14-4/h5-9H2,1-4H3. The molecular formula is C10H22O6Si. The summed E-state index contributed by atoms with van der Waals surface area (Å²) in [4.78, 5) is 10.5. The van der Waals surface area contributed by atoms with Crippen molar-refractivity contribution in [2.75, 3.05) is 34.5 Å². The molecule has 102 valence electrons. The minimum atomic E-state index is -2.89. The molecule has 0 aliphatic heterocycles. The molecule has 0 fully saturated rings. The second kappa shape index (κ2) is 9.55.